The van der Waals surface area contributed by atoms with Crippen LogP contribution in [0.5, 0.6) is 0 Å². The highest BCUT2D eigenvalue weighted by molar-refractivity contribution is 5.81. The van der Waals surface area contributed by atoms with Gasteiger partial charge in [0, 0.05) is 14.1 Å². The summed E-state index contributed by atoms with van der Waals surface area (Å²) < 4.78 is 4.37. The van der Waals surface area contributed by atoms with Crippen LogP contribution in [-0.2, 0) is 9.53 Å². The first-order valence-corrected chi connectivity index (χ1v) is 3.29. The van der Waals surface area contributed by atoms with Crippen molar-refractivity contribution in [1.82, 2.24) is 9.91 Å². The average Bonchev–Trinajstić information content (AvgIpc) is 2.02. The minimum atomic E-state index is -0.565. The van der Waals surface area contributed by atoms with E-state index >= 15 is 0 Å². The summed E-state index contributed by atoms with van der Waals surface area (Å²) in [6.45, 7) is -0.0837. The van der Waals surface area contributed by atoms with Crippen LogP contribution in [0.4, 0.5) is 4.79 Å². The summed E-state index contributed by atoms with van der Waals surface area (Å²) in [7, 11) is 4.11. The van der Waals surface area contributed by atoms with Gasteiger partial charge >= 0.3 is 6.09 Å². The molecule has 0 aromatic carbocycles. The maximum absolute atomic E-state index is 10.9. The minimum absolute atomic E-state index is 0.0837. The molecule has 0 aromatic rings. The Morgan fingerprint density at radius 2 is 1.92 bits per heavy atom. The van der Waals surface area contributed by atoms with E-state index in [0.717, 1.165) is 9.91 Å². The number of ether oxygens (including phenoxy) is 1. The molecule has 6 nitrogen and oxygen atoms in total. The van der Waals surface area contributed by atoms with Gasteiger partial charge in [0.05, 0.1) is 7.11 Å². The van der Waals surface area contributed by atoms with E-state index in [1.165, 1.54) is 21.2 Å². The largest absolute Gasteiger partial charge is 0.453 e. The van der Waals surface area contributed by atoms with Crippen molar-refractivity contribution in [3.63, 3.8) is 0 Å². The lowest BCUT2D eigenvalue weighted by molar-refractivity contribution is -0.130. The van der Waals surface area contributed by atoms with Gasteiger partial charge in [0.25, 0.3) is 5.91 Å². The van der Waals surface area contributed by atoms with E-state index in [1.54, 1.807) is 0 Å². The molecule has 0 radical (unpaired) electrons. The van der Waals surface area contributed by atoms with Crippen LogP contribution < -0.4 is 5.84 Å². The second kappa shape index (κ2) is 4.55. The third-order valence-corrected chi connectivity index (χ3v) is 1.25. The number of hydrogen-bond donors (Lipinski definition) is 1. The van der Waals surface area contributed by atoms with Crippen molar-refractivity contribution in [2.45, 2.75) is 0 Å². The highest BCUT2D eigenvalue weighted by atomic mass is 16.5. The molecular weight excluding hydrogens is 162 g/mol. The maximum Gasteiger partial charge on any atom is 0.409 e. The quantitative estimate of drug-likeness (QED) is 0.332. The van der Waals surface area contributed by atoms with Crippen molar-refractivity contribution in [3.8, 4) is 0 Å². The summed E-state index contributed by atoms with van der Waals surface area (Å²) in [6.07, 6.45) is -0.565. The Hall–Kier alpha value is -1.30. The zero-order valence-electron chi connectivity index (χ0n) is 7.40. The van der Waals surface area contributed by atoms with E-state index in [2.05, 4.69) is 4.74 Å². The lowest BCUT2D eigenvalue weighted by Crippen LogP contribution is -2.42. The smallest absolute Gasteiger partial charge is 0.409 e. The number of nitrogens with two attached hydrogens (primary N) is 1. The van der Waals surface area contributed by atoms with Crippen molar-refractivity contribution in [2.24, 2.45) is 5.84 Å². The third-order valence-electron chi connectivity index (χ3n) is 1.25. The topological polar surface area (TPSA) is 75.9 Å². The summed E-state index contributed by atoms with van der Waals surface area (Å²) in [5, 5.41) is 0.916. The van der Waals surface area contributed by atoms with Crippen molar-refractivity contribution in [1.29, 1.82) is 0 Å². The van der Waals surface area contributed by atoms with Gasteiger partial charge < -0.3 is 9.64 Å². The van der Waals surface area contributed by atoms with E-state index in [1.807, 2.05) is 0 Å². The zero-order chi connectivity index (χ0) is 9.72. The summed E-state index contributed by atoms with van der Waals surface area (Å²) in [5.41, 5.74) is 0. The third kappa shape index (κ3) is 3.20. The van der Waals surface area contributed by atoms with Gasteiger partial charge in [0.1, 0.15) is 6.54 Å². The van der Waals surface area contributed by atoms with Crippen LogP contribution in [0, 0.1) is 0 Å². The summed E-state index contributed by atoms with van der Waals surface area (Å²) in [4.78, 5) is 22.8. The van der Waals surface area contributed by atoms with Gasteiger partial charge in [0.15, 0.2) is 0 Å². The summed E-state index contributed by atoms with van der Waals surface area (Å²) >= 11 is 0. The van der Waals surface area contributed by atoms with Crippen LogP contribution in [0.1, 0.15) is 0 Å². The second-order valence-electron chi connectivity index (χ2n) is 2.33. The Morgan fingerprint density at radius 3 is 2.25 bits per heavy atom. The number of carbonyl (C=O) groups excluding carboxylic acids is 2. The van der Waals surface area contributed by atoms with Gasteiger partial charge in [-0.3, -0.25) is 9.80 Å². The number of nitrogens with zero attached hydrogens (tertiary/aromatic N) is 2. The summed E-state index contributed by atoms with van der Waals surface area (Å²) in [6, 6.07) is 0. The highest BCUT2D eigenvalue weighted by Crippen LogP contribution is 1.88. The van der Waals surface area contributed by atoms with E-state index in [4.69, 9.17) is 5.84 Å². The number of carbonyl (C=O) groups is 2. The molecule has 2 amide bonds. The second-order valence-corrected chi connectivity index (χ2v) is 2.33. The molecule has 0 spiro atoms. The number of methoxy groups -OCH3 is 1. The molecule has 0 aliphatic rings. The Labute approximate surface area is 70.8 Å². The van der Waals surface area contributed by atoms with Gasteiger partial charge in [-0.2, -0.15) is 0 Å². The van der Waals surface area contributed by atoms with Gasteiger partial charge in [-0.05, 0) is 0 Å². The molecule has 0 saturated heterocycles. The van der Waals surface area contributed by atoms with Gasteiger partial charge in [-0.1, -0.05) is 0 Å². The Balaban J connectivity index is 3.92. The van der Waals surface area contributed by atoms with Crippen LogP contribution in [0.2, 0.25) is 0 Å². The lowest BCUT2D eigenvalue weighted by Gasteiger charge is -2.17. The first-order chi connectivity index (χ1) is 5.49. The summed E-state index contributed by atoms with van der Waals surface area (Å²) in [5.74, 6) is 4.77. The van der Waals surface area contributed by atoms with Crippen molar-refractivity contribution >= 4 is 12.0 Å². The molecule has 0 rings (SSSR count). The molecule has 0 unspecified atom stereocenters. The monoisotopic (exact) mass is 175 g/mol. The molecule has 0 aliphatic carbocycles. The van der Waals surface area contributed by atoms with Gasteiger partial charge in [-0.15, -0.1) is 0 Å². The highest BCUT2D eigenvalue weighted by Gasteiger charge is 2.13. The van der Waals surface area contributed by atoms with E-state index in [9.17, 15) is 9.59 Å². The fourth-order valence-corrected chi connectivity index (χ4v) is 0.535. The standard InChI is InChI=1S/C6H13N3O3/c1-8(6(11)12-3)4-5(10)9(2)7/h4,7H2,1-3H3. The molecule has 0 heterocycles. The maximum atomic E-state index is 10.9. The fourth-order valence-electron chi connectivity index (χ4n) is 0.535. The zero-order valence-corrected chi connectivity index (χ0v) is 7.40. The van der Waals surface area contributed by atoms with Crippen LogP contribution >= 0.6 is 0 Å². The first-order valence-electron chi connectivity index (χ1n) is 3.29. The molecule has 0 atom stereocenters. The van der Waals surface area contributed by atoms with E-state index < -0.39 is 6.09 Å². The van der Waals surface area contributed by atoms with Crippen molar-refractivity contribution in [3.05, 3.63) is 0 Å². The fraction of sp³-hybridized carbons (Fsp3) is 0.667. The molecule has 70 valence electrons. The Morgan fingerprint density at radius 1 is 1.42 bits per heavy atom. The van der Waals surface area contributed by atoms with Gasteiger partial charge in [0.2, 0.25) is 0 Å². The minimum Gasteiger partial charge on any atom is -0.453 e. The molecule has 2 N–H and O–H groups in total. The first kappa shape index (κ1) is 10.7. The molecule has 0 saturated carbocycles. The van der Waals surface area contributed by atoms with Crippen LogP contribution in [0.25, 0.3) is 0 Å². The lowest BCUT2D eigenvalue weighted by atomic mass is 10.5. The SMILES string of the molecule is COC(=O)N(C)CC(=O)N(C)N. The molecule has 6 heteroatoms. The normalized spacial score (nSPS) is 9.00. The Kier molecular flexibility index (Phi) is 4.06. The number of amides is 2. The Bertz CT molecular complexity index is 181. The number of hydrogen-bond acceptors (Lipinski definition) is 4. The number of rotatable bonds is 2. The number of likely N-dealkylation sites (N-methyl/N-ethyl adjacent to an activating group) is 2. The molecule has 0 fully saturated rings. The number of hydrazine groups is 1. The van der Waals surface area contributed by atoms with Gasteiger partial charge in [-0.25, -0.2) is 10.6 Å². The van der Waals surface area contributed by atoms with Crippen molar-refractivity contribution < 1.29 is 14.3 Å². The molecule has 12 heavy (non-hydrogen) atoms. The van der Waals surface area contributed by atoms with Crippen LogP contribution in [-0.4, -0.2) is 49.7 Å². The predicted molar refractivity (Wildman–Crippen MR) is 42.0 cm³/mol. The average molecular weight is 175 g/mol. The molecule has 0 aliphatic heterocycles. The van der Waals surface area contributed by atoms with E-state index in [0.29, 0.717) is 0 Å². The van der Waals surface area contributed by atoms with Crippen LogP contribution in [0.15, 0.2) is 0 Å². The van der Waals surface area contributed by atoms with E-state index in [-0.39, 0.29) is 12.5 Å². The molecular formula is C6H13N3O3. The predicted octanol–water partition coefficient (Wildman–Crippen LogP) is -0.983. The molecule has 0 bridgehead atoms. The molecule has 0 aromatic heterocycles. The van der Waals surface area contributed by atoms with Crippen LogP contribution in [0.3, 0.4) is 0 Å². The van der Waals surface area contributed by atoms with Crippen molar-refractivity contribution in [2.75, 3.05) is 27.7 Å².